The third kappa shape index (κ3) is 3.05. The number of thioether (sulfide) groups is 1. The molecule has 152 valence electrons. The Morgan fingerprint density at radius 1 is 1.30 bits per heavy atom. The van der Waals surface area contributed by atoms with Gasteiger partial charge in [0, 0.05) is 30.5 Å². The van der Waals surface area contributed by atoms with Gasteiger partial charge in [-0.05, 0) is 47.0 Å². The first-order valence-electron chi connectivity index (χ1n) is 9.66. The minimum Gasteiger partial charge on any atom is -0.396 e. The lowest BCUT2D eigenvalue weighted by Gasteiger charge is -2.36. The number of amides is 3. The van der Waals surface area contributed by atoms with Gasteiger partial charge in [0.05, 0.1) is 16.6 Å². The number of rotatable bonds is 5. The fourth-order valence-corrected chi connectivity index (χ4v) is 7.56. The van der Waals surface area contributed by atoms with Crippen LogP contribution in [0, 0.1) is 11.8 Å². The van der Waals surface area contributed by atoms with Gasteiger partial charge in [0.1, 0.15) is 6.04 Å². The number of hydrogen-bond acceptors (Lipinski definition) is 5. The third-order valence-electron chi connectivity index (χ3n) is 6.11. The van der Waals surface area contributed by atoms with Crippen molar-refractivity contribution in [3.05, 3.63) is 0 Å². The molecule has 3 rings (SSSR count). The summed E-state index contributed by atoms with van der Waals surface area (Å²) in [6.07, 6.45) is 1.98. The molecule has 5 atom stereocenters. The molecule has 0 aromatic rings. The number of aliphatic hydroxyl groups is 1. The molecular formula is C19H31N3O4S. The van der Waals surface area contributed by atoms with E-state index in [0.29, 0.717) is 13.0 Å². The van der Waals surface area contributed by atoms with E-state index in [1.165, 1.54) is 0 Å². The van der Waals surface area contributed by atoms with Gasteiger partial charge >= 0.3 is 0 Å². The number of hydrogen-bond donors (Lipinski definition) is 3. The topological polar surface area (TPSA) is 98.7 Å². The lowest BCUT2D eigenvalue weighted by molar-refractivity contribution is -0.140. The number of nitrogens with one attached hydrogen (secondary N) is 2. The first-order chi connectivity index (χ1) is 12.5. The van der Waals surface area contributed by atoms with Crippen LogP contribution in [0.25, 0.3) is 0 Å². The average Bonchev–Trinajstić information content (AvgIpc) is 3.12. The Morgan fingerprint density at radius 2 is 1.96 bits per heavy atom. The maximum atomic E-state index is 13.4. The molecule has 8 heteroatoms. The minimum absolute atomic E-state index is 0.0429. The first kappa shape index (κ1) is 20.5. The van der Waals surface area contributed by atoms with Crippen molar-refractivity contribution >= 4 is 29.5 Å². The lowest BCUT2D eigenvalue weighted by Crippen LogP contribution is -2.57. The molecule has 3 aliphatic heterocycles. The highest BCUT2D eigenvalue weighted by atomic mass is 32.2. The highest BCUT2D eigenvalue weighted by molar-refractivity contribution is 8.02. The Kier molecular flexibility index (Phi) is 5.04. The number of fused-ring (bicyclic) bond motifs is 1. The molecular weight excluding hydrogens is 366 g/mol. The molecule has 0 radical (unpaired) electrons. The maximum Gasteiger partial charge on any atom is 0.244 e. The first-order valence-corrected chi connectivity index (χ1v) is 10.5. The largest absolute Gasteiger partial charge is 0.396 e. The van der Waals surface area contributed by atoms with Crippen LogP contribution < -0.4 is 10.6 Å². The standard InChI is InChI=1S/C19H31N3O4S/c1-17(2,3)21-15(25)13-19-8-7-18(4,27-19)11(14(24)20-5)12(19)16(26)22(13)9-6-10-23/h11-13,23H,6-10H2,1-5H3,(H,20,24)(H,21,25)/t11-,12-,13?,18+,19?/m0/s1. The third-order valence-corrected chi connectivity index (χ3v) is 8.09. The number of carbonyl (C=O) groups is 3. The highest BCUT2D eigenvalue weighted by Crippen LogP contribution is 2.71. The van der Waals surface area contributed by atoms with Crippen molar-refractivity contribution in [2.24, 2.45) is 11.8 Å². The number of carbonyl (C=O) groups excluding carboxylic acids is 3. The molecule has 3 heterocycles. The molecule has 1 spiro atoms. The Morgan fingerprint density at radius 3 is 2.52 bits per heavy atom. The molecule has 0 aliphatic carbocycles. The van der Waals surface area contributed by atoms with Crippen molar-refractivity contribution in [3.63, 3.8) is 0 Å². The summed E-state index contributed by atoms with van der Waals surface area (Å²) in [6, 6.07) is -0.609. The van der Waals surface area contributed by atoms with Crippen LogP contribution in [0.5, 0.6) is 0 Å². The molecule has 0 aromatic carbocycles. The second-order valence-electron chi connectivity index (χ2n) is 9.19. The van der Waals surface area contributed by atoms with Crippen molar-refractivity contribution in [2.45, 2.75) is 68.0 Å². The van der Waals surface area contributed by atoms with Gasteiger partial charge in [-0.15, -0.1) is 11.8 Å². The van der Waals surface area contributed by atoms with Gasteiger partial charge in [0.2, 0.25) is 17.7 Å². The van der Waals surface area contributed by atoms with Crippen LogP contribution in [0.2, 0.25) is 0 Å². The molecule has 2 unspecified atom stereocenters. The number of nitrogens with zero attached hydrogens (tertiary/aromatic N) is 1. The second kappa shape index (κ2) is 6.65. The number of likely N-dealkylation sites (tertiary alicyclic amines) is 1. The van der Waals surface area contributed by atoms with Crippen molar-refractivity contribution in [2.75, 3.05) is 20.2 Å². The summed E-state index contributed by atoms with van der Waals surface area (Å²) in [4.78, 5) is 41.0. The summed E-state index contributed by atoms with van der Waals surface area (Å²) in [5.41, 5.74) is -0.414. The van der Waals surface area contributed by atoms with E-state index in [1.807, 2.05) is 20.8 Å². The van der Waals surface area contributed by atoms with E-state index < -0.39 is 28.2 Å². The normalized spacial score (nSPS) is 37.5. The Balaban J connectivity index is 2.04. The van der Waals surface area contributed by atoms with Crippen molar-refractivity contribution in [1.82, 2.24) is 15.5 Å². The van der Waals surface area contributed by atoms with Crippen LogP contribution in [-0.4, -0.2) is 69.0 Å². The summed E-state index contributed by atoms with van der Waals surface area (Å²) in [5.74, 6) is -1.33. The molecule has 3 amide bonds. The summed E-state index contributed by atoms with van der Waals surface area (Å²) in [5, 5.41) is 15.0. The Labute approximate surface area is 165 Å². The summed E-state index contributed by atoms with van der Waals surface area (Å²) >= 11 is 1.66. The van der Waals surface area contributed by atoms with Crippen LogP contribution in [0.15, 0.2) is 0 Å². The van der Waals surface area contributed by atoms with E-state index >= 15 is 0 Å². The van der Waals surface area contributed by atoms with Crippen LogP contribution in [0.3, 0.4) is 0 Å². The molecule has 0 aromatic heterocycles. The number of aliphatic hydroxyl groups excluding tert-OH is 1. The Bertz CT molecular complexity index is 664. The molecule has 2 bridgehead atoms. The van der Waals surface area contributed by atoms with Gasteiger partial charge in [-0.2, -0.15) is 0 Å². The van der Waals surface area contributed by atoms with Gasteiger partial charge in [0.15, 0.2) is 0 Å². The van der Waals surface area contributed by atoms with Gasteiger partial charge in [-0.1, -0.05) is 0 Å². The van der Waals surface area contributed by atoms with Crippen molar-refractivity contribution in [1.29, 1.82) is 0 Å². The van der Waals surface area contributed by atoms with E-state index in [9.17, 15) is 19.5 Å². The van der Waals surface area contributed by atoms with E-state index in [0.717, 1.165) is 12.8 Å². The van der Waals surface area contributed by atoms with Crippen LogP contribution in [-0.2, 0) is 14.4 Å². The zero-order valence-electron chi connectivity index (χ0n) is 16.8. The SMILES string of the molecule is CNC(=O)[C@@H]1[C@H]2C(=O)N(CCCO)C(C(=O)NC(C)(C)C)C23CC[C@@]1(C)S3. The predicted octanol–water partition coefficient (Wildman–Crippen LogP) is 0.511. The van der Waals surface area contributed by atoms with E-state index in [2.05, 4.69) is 17.6 Å². The second-order valence-corrected chi connectivity index (χ2v) is 11.1. The molecule has 3 fully saturated rings. The molecule has 0 saturated carbocycles. The molecule has 3 aliphatic rings. The van der Waals surface area contributed by atoms with Gasteiger partial charge in [-0.25, -0.2) is 0 Å². The van der Waals surface area contributed by atoms with E-state index in [-0.39, 0.29) is 29.1 Å². The van der Waals surface area contributed by atoms with Crippen molar-refractivity contribution in [3.8, 4) is 0 Å². The molecule has 27 heavy (non-hydrogen) atoms. The monoisotopic (exact) mass is 397 g/mol. The molecule has 7 nitrogen and oxygen atoms in total. The Hall–Kier alpha value is -1.28. The quantitative estimate of drug-likeness (QED) is 0.628. The zero-order valence-corrected chi connectivity index (χ0v) is 17.6. The predicted molar refractivity (Wildman–Crippen MR) is 104 cm³/mol. The van der Waals surface area contributed by atoms with Crippen LogP contribution in [0.4, 0.5) is 0 Å². The molecule has 3 N–H and O–H groups in total. The van der Waals surface area contributed by atoms with E-state index in [4.69, 9.17) is 0 Å². The van der Waals surface area contributed by atoms with Crippen LogP contribution in [0.1, 0.15) is 47.0 Å². The van der Waals surface area contributed by atoms with Crippen LogP contribution >= 0.6 is 11.8 Å². The summed E-state index contributed by atoms with van der Waals surface area (Å²) in [7, 11) is 1.60. The average molecular weight is 398 g/mol. The fraction of sp³-hybridized carbons (Fsp3) is 0.842. The van der Waals surface area contributed by atoms with Gasteiger partial charge < -0.3 is 20.6 Å². The fourth-order valence-electron chi connectivity index (χ4n) is 5.20. The highest BCUT2D eigenvalue weighted by Gasteiger charge is 2.76. The summed E-state index contributed by atoms with van der Waals surface area (Å²) < 4.78 is -0.905. The zero-order chi connectivity index (χ0) is 20.2. The van der Waals surface area contributed by atoms with Crippen molar-refractivity contribution < 1.29 is 19.5 Å². The summed E-state index contributed by atoms with van der Waals surface area (Å²) in [6.45, 7) is 8.09. The molecule has 3 saturated heterocycles. The lowest BCUT2D eigenvalue weighted by atomic mass is 9.66. The smallest absolute Gasteiger partial charge is 0.244 e. The maximum absolute atomic E-state index is 13.4. The van der Waals surface area contributed by atoms with Gasteiger partial charge in [0.25, 0.3) is 0 Å². The minimum atomic E-state index is -0.609. The van der Waals surface area contributed by atoms with Gasteiger partial charge in [-0.3, -0.25) is 14.4 Å². The van der Waals surface area contributed by atoms with E-state index in [1.54, 1.807) is 23.7 Å².